The van der Waals surface area contributed by atoms with Crippen LogP contribution in [0.1, 0.15) is 37.8 Å². The van der Waals surface area contributed by atoms with Crippen LogP contribution in [0, 0.1) is 5.92 Å². The Morgan fingerprint density at radius 3 is 2.42 bits per heavy atom. The van der Waals surface area contributed by atoms with Crippen LogP contribution in [-0.2, 0) is 22.3 Å². The SMILES string of the molecule is CC(C)CCCNS(=O)(=O)Cc1ccccc1CN. The lowest BCUT2D eigenvalue weighted by Crippen LogP contribution is -2.27. The first kappa shape index (κ1) is 16.1. The van der Waals surface area contributed by atoms with E-state index in [1.54, 1.807) is 0 Å². The maximum Gasteiger partial charge on any atom is 0.215 e. The van der Waals surface area contributed by atoms with Gasteiger partial charge in [0.25, 0.3) is 0 Å². The van der Waals surface area contributed by atoms with Gasteiger partial charge in [-0.3, -0.25) is 0 Å². The Balaban J connectivity index is 2.54. The summed E-state index contributed by atoms with van der Waals surface area (Å²) in [6.45, 7) is 5.13. The van der Waals surface area contributed by atoms with Crippen molar-refractivity contribution in [3.8, 4) is 0 Å². The first-order chi connectivity index (χ1) is 8.94. The summed E-state index contributed by atoms with van der Waals surface area (Å²) in [6.07, 6.45) is 1.90. The average molecular weight is 284 g/mol. The lowest BCUT2D eigenvalue weighted by atomic mass is 10.1. The Bertz CT molecular complexity index is 484. The van der Waals surface area contributed by atoms with Gasteiger partial charge in [-0.05, 0) is 29.9 Å². The van der Waals surface area contributed by atoms with Gasteiger partial charge in [0.05, 0.1) is 5.75 Å². The van der Waals surface area contributed by atoms with Gasteiger partial charge in [0.1, 0.15) is 0 Å². The minimum absolute atomic E-state index is 0.00204. The number of nitrogens with two attached hydrogens (primary N) is 1. The highest BCUT2D eigenvalue weighted by molar-refractivity contribution is 7.88. The standard InChI is InChI=1S/C14H24N2O2S/c1-12(2)6-5-9-16-19(17,18)11-14-8-4-3-7-13(14)10-15/h3-4,7-8,12,16H,5-6,9-11,15H2,1-2H3. The van der Waals surface area contributed by atoms with Crippen molar-refractivity contribution in [3.63, 3.8) is 0 Å². The molecule has 108 valence electrons. The third-order valence-electron chi connectivity index (χ3n) is 2.96. The van der Waals surface area contributed by atoms with Gasteiger partial charge in [-0.15, -0.1) is 0 Å². The van der Waals surface area contributed by atoms with E-state index in [0.29, 0.717) is 19.0 Å². The van der Waals surface area contributed by atoms with Crippen LogP contribution in [0.3, 0.4) is 0 Å². The van der Waals surface area contributed by atoms with E-state index in [-0.39, 0.29) is 5.75 Å². The summed E-state index contributed by atoms with van der Waals surface area (Å²) in [5.41, 5.74) is 7.27. The number of rotatable bonds is 8. The zero-order chi connectivity index (χ0) is 14.3. The van der Waals surface area contributed by atoms with Crippen molar-refractivity contribution in [1.29, 1.82) is 0 Å². The summed E-state index contributed by atoms with van der Waals surface area (Å²) < 4.78 is 26.6. The molecule has 0 radical (unpaired) electrons. The van der Waals surface area contributed by atoms with E-state index >= 15 is 0 Å². The Hall–Kier alpha value is -0.910. The molecule has 0 bridgehead atoms. The first-order valence-electron chi connectivity index (χ1n) is 6.69. The topological polar surface area (TPSA) is 72.2 Å². The summed E-state index contributed by atoms with van der Waals surface area (Å²) in [4.78, 5) is 0. The van der Waals surface area contributed by atoms with Gasteiger partial charge in [-0.25, -0.2) is 13.1 Å². The number of hydrogen-bond donors (Lipinski definition) is 2. The monoisotopic (exact) mass is 284 g/mol. The molecule has 0 aromatic heterocycles. The average Bonchev–Trinajstić information content (AvgIpc) is 2.35. The smallest absolute Gasteiger partial charge is 0.215 e. The molecular formula is C14H24N2O2S. The van der Waals surface area contributed by atoms with E-state index in [1.807, 2.05) is 24.3 Å². The van der Waals surface area contributed by atoms with Crippen LogP contribution in [0.2, 0.25) is 0 Å². The molecule has 0 atom stereocenters. The molecule has 0 aliphatic heterocycles. The maximum atomic E-state index is 12.0. The summed E-state index contributed by atoms with van der Waals surface area (Å²) in [5.74, 6) is 0.602. The molecule has 5 heteroatoms. The van der Waals surface area contributed by atoms with Crippen LogP contribution in [-0.4, -0.2) is 15.0 Å². The van der Waals surface area contributed by atoms with Gasteiger partial charge in [0.2, 0.25) is 10.0 Å². The third kappa shape index (κ3) is 6.18. The second-order valence-corrected chi connectivity index (χ2v) is 6.97. The van der Waals surface area contributed by atoms with Crippen LogP contribution in [0.25, 0.3) is 0 Å². The van der Waals surface area contributed by atoms with Crippen molar-refractivity contribution < 1.29 is 8.42 Å². The molecule has 0 heterocycles. The lowest BCUT2D eigenvalue weighted by Gasteiger charge is -2.10. The molecule has 0 aliphatic rings. The Labute approximate surface area is 116 Å². The van der Waals surface area contributed by atoms with E-state index in [1.165, 1.54) is 0 Å². The molecule has 1 aromatic rings. The Morgan fingerprint density at radius 1 is 1.21 bits per heavy atom. The molecule has 1 aromatic carbocycles. The Kier molecular flexibility index (Phi) is 6.48. The van der Waals surface area contributed by atoms with Gasteiger partial charge in [-0.1, -0.05) is 38.1 Å². The fourth-order valence-electron chi connectivity index (χ4n) is 1.89. The van der Waals surface area contributed by atoms with E-state index in [9.17, 15) is 8.42 Å². The Morgan fingerprint density at radius 2 is 1.84 bits per heavy atom. The highest BCUT2D eigenvalue weighted by Gasteiger charge is 2.13. The number of benzene rings is 1. The van der Waals surface area contributed by atoms with E-state index in [0.717, 1.165) is 24.0 Å². The van der Waals surface area contributed by atoms with Crippen molar-refractivity contribution in [1.82, 2.24) is 4.72 Å². The third-order valence-corrected chi connectivity index (χ3v) is 4.30. The molecule has 0 amide bonds. The predicted octanol–water partition coefficient (Wildman–Crippen LogP) is 2.00. The molecule has 4 nitrogen and oxygen atoms in total. The van der Waals surface area contributed by atoms with Gasteiger partial charge in [0, 0.05) is 13.1 Å². The highest BCUT2D eigenvalue weighted by atomic mass is 32.2. The summed E-state index contributed by atoms with van der Waals surface area (Å²) in [5, 5.41) is 0. The van der Waals surface area contributed by atoms with Crippen molar-refractivity contribution in [2.75, 3.05) is 6.54 Å². The largest absolute Gasteiger partial charge is 0.326 e. The summed E-state index contributed by atoms with van der Waals surface area (Å²) >= 11 is 0. The van der Waals surface area contributed by atoms with E-state index in [4.69, 9.17) is 5.73 Å². The molecule has 0 spiro atoms. The second-order valence-electron chi connectivity index (χ2n) is 5.16. The van der Waals surface area contributed by atoms with E-state index in [2.05, 4.69) is 18.6 Å². The molecular weight excluding hydrogens is 260 g/mol. The summed E-state index contributed by atoms with van der Waals surface area (Å²) in [7, 11) is -3.27. The van der Waals surface area contributed by atoms with Gasteiger partial charge in [0.15, 0.2) is 0 Å². The molecule has 0 saturated heterocycles. The molecule has 0 saturated carbocycles. The maximum absolute atomic E-state index is 12.0. The van der Waals surface area contributed by atoms with Crippen LogP contribution >= 0.6 is 0 Å². The fraction of sp³-hybridized carbons (Fsp3) is 0.571. The van der Waals surface area contributed by atoms with Crippen molar-refractivity contribution in [2.45, 2.75) is 39.0 Å². The lowest BCUT2D eigenvalue weighted by molar-refractivity contribution is 0.539. The molecule has 19 heavy (non-hydrogen) atoms. The van der Waals surface area contributed by atoms with E-state index < -0.39 is 10.0 Å². The second kappa shape index (κ2) is 7.62. The zero-order valence-electron chi connectivity index (χ0n) is 11.7. The highest BCUT2D eigenvalue weighted by Crippen LogP contribution is 2.11. The zero-order valence-corrected chi connectivity index (χ0v) is 12.5. The van der Waals surface area contributed by atoms with Crippen LogP contribution in [0.5, 0.6) is 0 Å². The molecule has 0 unspecified atom stereocenters. The number of nitrogens with one attached hydrogen (secondary N) is 1. The fourth-order valence-corrected chi connectivity index (χ4v) is 3.14. The number of hydrogen-bond acceptors (Lipinski definition) is 3. The quantitative estimate of drug-likeness (QED) is 0.717. The van der Waals surface area contributed by atoms with Crippen LogP contribution in [0.4, 0.5) is 0 Å². The number of sulfonamides is 1. The summed E-state index contributed by atoms with van der Waals surface area (Å²) in [6, 6.07) is 7.39. The minimum Gasteiger partial charge on any atom is -0.326 e. The predicted molar refractivity (Wildman–Crippen MR) is 79.0 cm³/mol. The molecule has 1 rings (SSSR count). The first-order valence-corrected chi connectivity index (χ1v) is 8.34. The molecule has 0 fully saturated rings. The van der Waals surface area contributed by atoms with Crippen LogP contribution < -0.4 is 10.5 Å². The van der Waals surface area contributed by atoms with Crippen molar-refractivity contribution >= 4 is 10.0 Å². The van der Waals surface area contributed by atoms with Crippen molar-refractivity contribution in [2.24, 2.45) is 11.7 Å². The van der Waals surface area contributed by atoms with Gasteiger partial charge in [-0.2, -0.15) is 0 Å². The normalized spacial score (nSPS) is 12.0. The van der Waals surface area contributed by atoms with Gasteiger partial charge >= 0.3 is 0 Å². The molecule has 0 aliphatic carbocycles. The van der Waals surface area contributed by atoms with Crippen LogP contribution in [0.15, 0.2) is 24.3 Å². The molecule has 3 N–H and O–H groups in total. The minimum atomic E-state index is -3.27. The van der Waals surface area contributed by atoms with Crippen molar-refractivity contribution in [3.05, 3.63) is 35.4 Å². The van der Waals surface area contributed by atoms with Gasteiger partial charge < -0.3 is 5.73 Å².